The molecule has 0 aliphatic carbocycles. The van der Waals surface area contributed by atoms with Crippen molar-refractivity contribution in [1.29, 1.82) is 0 Å². The Morgan fingerprint density at radius 2 is 1.85 bits per heavy atom. The molecule has 0 amide bonds. The maximum Gasteiger partial charge on any atom is 0.338 e. The summed E-state index contributed by atoms with van der Waals surface area (Å²) >= 11 is 0. The fourth-order valence-corrected chi connectivity index (χ4v) is 0.808. The maximum atomic E-state index is 10.9. The van der Waals surface area contributed by atoms with E-state index < -0.39 is 5.97 Å². The van der Waals surface area contributed by atoms with Crippen molar-refractivity contribution in [2.75, 3.05) is 7.11 Å². The van der Waals surface area contributed by atoms with Crippen molar-refractivity contribution in [2.24, 2.45) is 0 Å². The van der Waals surface area contributed by atoms with Crippen LogP contribution >= 0.6 is 0 Å². The van der Waals surface area contributed by atoms with Crippen LogP contribution in [0.5, 0.6) is 0 Å². The number of esters is 1. The van der Waals surface area contributed by atoms with Crippen molar-refractivity contribution in [3.05, 3.63) is 62.4 Å². The first-order chi connectivity index (χ1) is 7.96. The Balaban J connectivity index is -0.000000126. The second-order valence-corrected chi connectivity index (χ2v) is 3.08. The van der Waals surface area contributed by atoms with Crippen molar-refractivity contribution in [3.63, 3.8) is 0 Å². The van der Waals surface area contributed by atoms with Gasteiger partial charge < -0.3 is 38.7 Å². The summed E-state index contributed by atoms with van der Waals surface area (Å²) in [4.78, 5) is 23.2. The molecule has 103 valence electrons. The molecule has 4 nitrogen and oxygen atoms in total. The van der Waals surface area contributed by atoms with E-state index in [9.17, 15) is 9.59 Å². The molecule has 0 saturated heterocycles. The van der Waals surface area contributed by atoms with Crippen LogP contribution < -0.4 is 0 Å². The van der Waals surface area contributed by atoms with Gasteiger partial charge in [-0.15, -0.1) is 0 Å². The second kappa shape index (κ2) is 15.3. The van der Waals surface area contributed by atoms with E-state index in [1.54, 1.807) is 6.07 Å². The SMILES string of the molecule is [B].[CH2-]C=C([CH2-])C=O.[CH2-]c1cc(C(=O)OC)[nH]c1[CH2-].[Y].[Y]. The largest absolute Gasteiger partial charge is 0.465 e. The minimum absolute atomic E-state index is 0. The predicted molar refractivity (Wildman–Crippen MR) is 71.7 cm³/mol. The van der Waals surface area contributed by atoms with Crippen molar-refractivity contribution in [3.8, 4) is 0 Å². The van der Waals surface area contributed by atoms with Crippen molar-refractivity contribution in [2.45, 2.75) is 0 Å². The average molecular weight is 422 g/mol. The molecule has 0 aliphatic heterocycles. The number of aldehydes is 1. The van der Waals surface area contributed by atoms with Crippen LogP contribution in [0.3, 0.4) is 0 Å². The van der Waals surface area contributed by atoms with E-state index in [0.29, 0.717) is 28.8 Å². The molecule has 7 heteroatoms. The smallest absolute Gasteiger partial charge is 0.338 e. The number of rotatable bonds is 2. The van der Waals surface area contributed by atoms with Crippen molar-refractivity contribution >= 4 is 20.7 Å². The number of carbonyl (C=O) groups excluding carboxylic acids is 2. The normalized spacial score (nSPS) is 8.55. The number of allylic oxidation sites excluding steroid dienone is 2. The molecule has 0 fully saturated rings. The molecule has 0 saturated carbocycles. The number of ether oxygens (including phenoxy) is 1. The van der Waals surface area contributed by atoms with Gasteiger partial charge in [-0.1, -0.05) is 0 Å². The van der Waals surface area contributed by atoms with Crippen molar-refractivity contribution < 1.29 is 79.7 Å². The van der Waals surface area contributed by atoms with Gasteiger partial charge in [0.15, 0.2) is 0 Å². The van der Waals surface area contributed by atoms with Gasteiger partial charge in [0, 0.05) is 79.5 Å². The molecule has 0 aliphatic rings. The summed E-state index contributed by atoms with van der Waals surface area (Å²) in [5.41, 5.74) is 2.17. The first kappa shape index (κ1) is 28.1. The number of nitrogens with one attached hydrogen (secondary N) is 1. The van der Waals surface area contributed by atoms with Crippen molar-refractivity contribution in [1.82, 2.24) is 4.98 Å². The Morgan fingerprint density at radius 3 is 2.05 bits per heavy atom. The van der Waals surface area contributed by atoms with Gasteiger partial charge in [-0.2, -0.15) is 0 Å². The zero-order valence-electron chi connectivity index (χ0n) is 11.5. The molecule has 5 radical (unpaired) electrons. The maximum absolute atomic E-state index is 10.9. The number of methoxy groups -OCH3 is 1. The van der Waals surface area contributed by atoms with Crippen LogP contribution in [0.15, 0.2) is 17.7 Å². The Bertz CT molecular complexity index is 412. The van der Waals surface area contributed by atoms with Gasteiger partial charge in [-0.05, 0) is 6.29 Å². The van der Waals surface area contributed by atoms with Gasteiger partial charge in [0.25, 0.3) is 0 Å². The van der Waals surface area contributed by atoms with Crippen LogP contribution in [-0.2, 0) is 74.9 Å². The standard InChI is InChI=1S/C8H9NO2.C5H6O.B.2Y/c1-5-4-7(8(10)11-3)9-6(5)2;1-3-5(2)4-6;;;/h4,9H,1-2H2,3H3;3-4H,1-2H2;;;/q2*-2;;;. The third-order valence-electron chi connectivity index (χ3n) is 1.81. The van der Waals surface area contributed by atoms with Crippen LogP contribution in [0.25, 0.3) is 0 Å². The number of hydrogen-bond donors (Lipinski definition) is 1. The molecule has 1 N–H and O–H groups in total. The monoisotopic (exact) mass is 422 g/mol. The molecule has 20 heavy (non-hydrogen) atoms. The first-order valence-electron chi connectivity index (χ1n) is 4.68. The zero-order valence-corrected chi connectivity index (χ0v) is 17.2. The molecule has 1 rings (SSSR count). The summed E-state index contributed by atoms with van der Waals surface area (Å²) in [6.07, 6.45) is 2.07. The fraction of sp³-hybridized carbons (Fsp3) is 0.0769. The Morgan fingerprint density at radius 1 is 1.35 bits per heavy atom. The fourth-order valence-electron chi connectivity index (χ4n) is 0.808. The summed E-state index contributed by atoms with van der Waals surface area (Å²) in [5, 5.41) is 0. The van der Waals surface area contributed by atoms with Gasteiger partial charge in [0.05, 0.1) is 7.11 Å². The van der Waals surface area contributed by atoms with E-state index in [4.69, 9.17) is 0 Å². The van der Waals surface area contributed by atoms with Gasteiger partial charge in [0.2, 0.25) is 0 Å². The van der Waals surface area contributed by atoms with Gasteiger partial charge in [0.1, 0.15) is 0 Å². The molecule has 1 aromatic rings. The summed E-state index contributed by atoms with van der Waals surface area (Å²) in [5.74, 6) is -0.398. The van der Waals surface area contributed by atoms with Gasteiger partial charge in [-0.25, -0.2) is 16.6 Å². The predicted octanol–water partition coefficient (Wildman–Crippen LogP) is 1.56. The van der Waals surface area contributed by atoms with Crippen LogP contribution in [-0.4, -0.2) is 32.8 Å². The van der Waals surface area contributed by atoms with Crippen LogP contribution in [0.4, 0.5) is 0 Å². The molecular weight excluding hydrogens is 407 g/mol. The van der Waals surface area contributed by atoms with E-state index in [1.165, 1.54) is 13.2 Å². The van der Waals surface area contributed by atoms with E-state index >= 15 is 0 Å². The zero-order chi connectivity index (χ0) is 13.4. The third kappa shape index (κ3) is 10.7. The minimum Gasteiger partial charge on any atom is -0.465 e. The van der Waals surface area contributed by atoms with E-state index in [-0.39, 0.29) is 73.8 Å². The number of H-pyrrole nitrogens is 1. The van der Waals surface area contributed by atoms with Crippen LogP contribution in [0, 0.1) is 27.7 Å². The molecule has 0 spiro atoms. The number of aromatic nitrogens is 1. The molecule has 0 aromatic carbocycles. The average Bonchev–Trinajstić information content (AvgIpc) is 2.68. The molecule has 1 aromatic heterocycles. The Kier molecular flexibility index (Phi) is 21.5. The van der Waals surface area contributed by atoms with Gasteiger partial charge >= 0.3 is 5.97 Å². The van der Waals surface area contributed by atoms with E-state index in [0.717, 1.165) is 0 Å². The second-order valence-electron chi connectivity index (χ2n) is 3.08. The quantitative estimate of drug-likeness (QED) is 0.259. The molecule has 0 atom stereocenters. The van der Waals surface area contributed by atoms with E-state index in [2.05, 4.69) is 37.4 Å². The number of aromatic amines is 1. The van der Waals surface area contributed by atoms with Crippen LogP contribution in [0.1, 0.15) is 21.7 Å². The molecule has 0 bridgehead atoms. The van der Waals surface area contributed by atoms with Gasteiger partial charge in [-0.3, -0.25) is 20.8 Å². The summed E-state index contributed by atoms with van der Waals surface area (Å²) in [6.45, 7) is 13.9. The minimum atomic E-state index is -0.398. The topological polar surface area (TPSA) is 59.2 Å². The molecule has 1 heterocycles. The third-order valence-corrected chi connectivity index (χ3v) is 1.81. The summed E-state index contributed by atoms with van der Waals surface area (Å²) < 4.78 is 4.48. The summed E-state index contributed by atoms with van der Waals surface area (Å²) in [7, 11) is 1.33. The number of hydrogen-bond acceptors (Lipinski definition) is 3. The number of carbonyl (C=O) groups is 2. The summed E-state index contributed by atoms with van der Waals surface area (Å²) in [6, 6.07) is 1.61. The Hall–Kier alpha value is -0.0873. The molecule has 0 unspecified atom stereocenters. The Labute approximate surface area is 173 Å². The first-order valence-corrected chi connectivity index (χ1v) is 4.68. The van der Waals surface area contributed by atoms with Crippen LogP contribution in [0.2, 0.25) is 0 Å². The molecular formula is C13H15BNO3Y2-4. The van der Waals surface area contributed by atoms with E-state index in [1.807, 2.05) is 0 Å².